The van der Waals surface area contributed by atoms with Crippen LogP contribution < -0.4 is 4.90 Å². The molecule has 0 spiro atoms. The van der Waals surface area contributed by atoms with Crippen LogP contribution in [0.2, 0.25) is 0 Å². The first kappa shape index (κ1) is 15.0. The molecule has 23 heavy (non-hydrogen) atoms. The van der Waals surface area contributed by atoms with Gasteiger partial charge in [0, 0.05) is 49.3 Å². The van der Waals surface area contributed by atoms with Crippen molar-refractivity contribution in [1.29, 1.82) is 0 Å². The van der Waals surface area contributed by atoms with Gasteiger partial charge in [-0.1, -0.05) is 12.1 Å². The van der Waals surface area contributed by atoms with Gasteiger partial charge in [-0.3, -0.25) is 10.1 Å². The van der Waals surface area contributed by atoms with Gasteiger partial charge in [0.25, 0.3) is 5.69 Å². The van der Waals surface area contributed by atoms with Crippen molar-refractivity contribution < 1.29 is 4.92 Å². The van der Waals surface area contributed by atoms with Crippen LogP contribution in [0.5, 0.6) is 0 Å². The zero-order valence-electron chi connectivity index (χ0n) is 13.2. The van der Waals surface area contributed by atoms with E-state index >= 15 is 0 Å². The van der Waals surface area contributed by atoms with E-state index in [-0.39, 0.29) is 5.69 Å². The molecule has 118 valence electrons. The van der Waals surface area contributed by atoms with Crippen LogP contribution in [-0.4, -0.2) is 26.5 Å². The molecule has 2 aromatic heterocycles. The van der Waals surface area contributed by atoms with E-state index in [0.29, 0.717) is 12.1 Å². The molecule has 0 amide bonds. The number of fused-ring (bicyclic) bond motifs is 1. The van der Waals surface area contributed by atoms with Crippen LogP contribution in [0.3, 0.4) is 0 Å². The van der Waals surface area contributed by atoms with Crippen molar-refractivity contribution in [2.75, 3.05) is 11.9 Å². The second-order valence-corrected chi connectivity index (χ2v) is 5.52. The molecule has 0 aliphatic carbocycles. The summed E-state index contributed by atoms with van der Waals surface area (Å²) in [7, 11) is 3.89. The minimum absolute atomic E-state index is 0.0258. The average molecular weight is 311 g/mol. The Bertz CT molecular complexity index is 887. The Hall–Kier alpha value is -2.96. The van der Waals surface area contributed by atoms with Gasteiger partial charge in [-0.25, -0.2) is 9.97 Å². The Labute approximate surface area is 133 Å². The largest absolute Gasteiger partial charge is 0.367 e. The number of aromatic nitrogens is 3. The summed E-state index contributed by atoms with van der Waals surface area (Å²) in [5.74, 6) is 0.917. The molecule has 1 aromatic carbocycles. The molecule has 3 aromatic rings. The van der Waals surface area contributed by atoms with E-state index in [1.165, 1.54) is 6.07 Å². The van der Waals surface area contributed by atoms with Crippen LogP contribution in [0.4, 0.5) is 11.4 Å². The van der Waals surface area contributed by atoms with E-state index in [9.17, 15) is 10.1 Å². The lowest BCUT2D eigenvalue weighted by Gasteiger charge is -2.21. The van der Waals surface area contributed by atoms with Crippen LogP contribution in [0.15, 0.2) is 36.7 Å². The molecule has 0 aliphatic heterocycles. The average Bonchev–Trinajstić information content (AvgIpc) is 2.90. The van der Waals surface area contributed by atoms with Crippen molar-refractivity contribution in [3.05, 3.63) is 58.3 Å². The summed E-state index contributed by atoms with van der Waals surface area (Å²) in [4.78, 5) is 21.6. The SMILES string of the molecule is Cc1cc(N(C)Cc2nccn2C)c2cccc([N+](=O)[O-])c2n1. The Morgan fingerprint density at radius 2 is 2.17 bits per heavy atom. The van der Waals surface area contributed by atoms with Gasteiger partial charge in [-0.15, -0.1) is 0 Å². The molecule has 7 heteroatoms. The van der Waals surface area contributed by atoms with Crippen molar-refractivity contribution in [1.82, 2.24) is 14.5 Å². The predicted molar refractivity (Wildman–Crippen MR) is 88.4 cm³/mol. The third kappa shape index (κ3) is 2.73. The number of nitro groups is 1. The van der Waals surface area contributed by atoms with Gasteiger partial charge < -0.3 is 9.47 Å². The third-order valence-electron chi connectivity index (χ3n) is 3.83. The molecule has 0 radical (unpaired) electrons. The second-order valence-electron chi connectivity index (χ2n) is 5.52. The summed E-state index contributed by atoms with van der Waals surface area (Å²) in [6.45, 7) is 2.44. The minimum Gasteiger partial charge on any atom is -0.367 e. The van der Waals surface area contributed by atoms with Crippen LogP contribution in [0.1, 0.15) is 11.5 Å². The van der Waals surface area contributed by atoms with E-state index in [2.05, 4.69) is 9.97 Å². The number of pyridine rings is 1. The highest BCUT2D eigenvalue weighted by molar-refractivity contribution is 5.97. The number of rotatable bonds is 4. The Balaban J connectivity index is 2.11. The monoisotopic (exact) mass is 311 g/mol. The molecule has 7 nitrogen and oxygen atoms in total. The lowest BCUT2D eigenvalue weighted by molar-refractivity contribution is -0.383. The summed E-state index contributed by atoms with van der Waals surface area (Å²) in [6.07, 6.45) is 3.65. The number of imidazole rings is 1. The van der Waals surface area contributed by atoms with Crippen molar-refractivity contribution in [3.8, 4) is 0 Å². The van der Waals surface area contributed by atoms with E-state index in [0.717, 1.165) is 22.6 Å². The summed E-state index contributed by atoms with van der Waals surface area (Å²) in [6, 6.07) is 6.97. The number of para-hydroxylation sites is 1. The highest BCUT2D eigenvalue weighted by Crippen LogP contribution is 2.32. The highest BCUT2D eigenvalue weighted by atomic mass is 16.6. The number of nitro benzene ring substituents is 1. The lowest BCUT2D eigenvalue weighted by atomic mass is 10.1. The number of non-ortho nitro benzene ring substituents is 1. The third-order valence-corrected chi connectivity index (χ3v) is 3.83. The Kier molecular flexibility index (Phi) is 3.69. The maximum atomic E-state index is 11.2. The fourth-order valence-corrected chi connectivity index (χ4v) is 2.65. The van der Waals surface area contributed by atoms with Crippen molar-refractivity contribution >= 4 is 22.3 Å². The number of benzene rings is 1. The molecule has 0 aliphatic rings. The van der Waals surface area contributed by atoms with Gasteiger partial charge in [0.05, 0.1) is 11.5 Å². The van der Waals surface area contributed by atoms with E-state index in [1.807, 2.05) is 48.8 Å². The first-order valence-electron chi connectivity index (χ1n) is 7.19. The predicted octanol–water partition coefficient (Wildman–Crippen LogP) is 2.82. The number of aryl methyl sites for hydroxylation is 2. The highest BCUT2D eigenvalue weighted by Gasteiger charge is 2.17. The summed E-state index contributed by atoms with van der Waals surface area (Å²) >= 11 is 0. The molecule has 3 rings (SSSR count). The molecule has 0 atom stereocenters. The van der Waals surface area contributed by atoms with Crippen LogP contribution in [0.25, 0.3) is 10.9 Å². The molecule has 0 saturated carbocycles. The molecular weight excluding hydrogens is 294 g/mol. The molecule has 2 heterocycles. The quantitative estimate of drug-likeness (QED) is 0.547. The molecule has 0 unspecified atom stereocenters. The maximum absolute atomic E-state index is 11.2. The molecule has 0 fully saturated rings. The fraction of sp³-hybridized carbons (Fsp3) is 0.250. The Morgan fingerprint density at radius 3 is 2.83 bits per heavy atom. The maximum Gasteiger partial charge on any atom is 0.295 e. The summed E-state index contributed by atoms with van der Waals surface area (Å²) in [5, 5.41) is 12.0. The van der Waals surface area contributed by atoms with Gasteiger partial charge in [0.1, 0.15) is 5.82 Å². The smallest absolute Gasteiger partial charge is 0.295 e. The topological polar surface area (TPSA) is 77.1 Å². The van der Waals surface area contributed by atoms with Crippen LogP contribution in [0, 0.1) is 17.0 Å². The van der Waals surface area contributed by atoms with Crippen molar-refractivity contribution in [3.63, 3.8) is 0 Å². The molecule has 0 N–H and O–H groups in total. The standard InChI is InChI=1S/C16H17N5O2/c1-11-9-14(20(3)10-15-17-7-8-19(15)2)12-5-4-6-13(21(22)23)16(12)18-11/h4-9H,10H2,1-3H3. The minimum atomic E-state index is -0.392. The summed E-state index contributed by atoms with van der Waals surface area (Å²) in [5.41, 5.74) is 2.09. The number of hydrogen-bond acceptors (Lipinski definition) is 5. The molecule has 0 bridgehead atoms. The number of hydrogen-bond donors (Lipinski definition) is 0. The Morgan fingerprint density at radius 1 is 1.39 bits per heavy atom. The molecule has 0 saturated heterocycles. The zero-order chi connectivity index (χ0) is 16.6. The van der Waals surface area contributed by atoms with E-state index < -0.39 is 4.92 Å². The van der Waals surface area contributed by atoms with Gasteiger partial charge >= 0.3 is 0 Å². The van der Waals surface area contributed by atoms with Crippen molar-refractivity contribution in [2.45, 2.75) is 13.5 Å². The number of anilines is 1. The van der Waals surface area contributed by atoms with Gasteiger partial charge in [-0.2, -0.15) is 0 Å². The van der Waals surface area contributed by atoms with E-state index in [4.69, 9.17) is 0 Å². The van der Waals surface area contributed by atoms with Crippen LogP contribution in [-0.2, 0) is 13.6 Å². The number of nitrogens with zero attached hydrogens (tertiary/aromatic N) is 5. The van der Waals surface area contributed by atoms with Gasteiger partial charge in [-0.05, 0) is 13.0 Å². The van der Waals surface area contributed by atoms with E-state index in [1.54, 1.807) is 12.3 Å². The normalized spacial score (nSPS) is 10.9. The fourth-order valence-electron chi connectivity index (χ4n) is 2.65. The van der Waals surface area contributed by atoms with Crippen molar-refractivity contribution in [2.24, 2.45) is 7.05 Å². The first-order valence-corrected chi connectivity index (χ1v) is 7.19. The second kappa shape index (κ2) is 5.68. The first-order chi connectivity index (χ1) is 11.0. The van der Waals surface area contributed by atoms with Crippen LogP contribution >= 0.6 is 0 Å². The van der Waals surface area contributed by atoms with Gasteiger partial charge in [0.2, 0.25) is 0 Å². The summed E-state index contributed by atoms with van der Waals surface area (Å²) < 4.78 is 1.95. The lowest BCUT2D eigenvalue weighted by Crippen LogP contribution is -2.19. The van der Waals surface area contributed by atoms with Gasteiger partial charge in [0.15, 0.2) is 5.52 Å². The zero-order valence-corrected chi connectivity index (χ0v) is 13.2. The molecular formula is C16H17N5O2.